The zero-order chi connectivity index (χ0) is 32.4. The monoisotopic (exact) mass is 639 g/mol. The van der Waals surface area contributed by atoms with E-state index in [1.54, 1.807) is 0 Å². The lowest BCUT2D eigenvalue weighted by molar-refractivity contribution is 0.390. The van der Waals surface area contributed by atoms with E-state index >= 15 is 0 Å². The topological polar surface area (TPSA) is 113 Å². The van der Waals surface area contributed by atoms with Gasteiger partial charge in [0.15, 0.2) is 0 Å². The second-order valence-corrected chi connectivity index (χ2v) is 13.4. The maximum Gasteiger partial charge on any atom is 0.0815 e. The number of aromatic nitrogens is 3. The highest BCUT2D eigenvalue weighted by atomic mass is 14.9. The molecule has 9 heteroatoms. The van der Waals surface area contributed by atoms with Gasteiger partial charge in [-0.1, -0.05) is 56.7 Å². The van der Waals surface area contributed by atoms with Crippen molar-refractivity contribution in [2.75, 3.05) is 0 Å². The predicted octanol–water partition coefficient (Wildman–Crippen LogP) is 6.73. The van der Waals surface area contributed by atoms with Gasteiger partial charge in [-0.2, -0.15) is 0 Å². The molecule has 246 valence electrons. The van der Waals surface area contributed by atoms with Crippen molar-refractivity contribution < 1.29 is 0 Å². The maximum absolute atomic E-state index is 5.00. The number of aliphatic imine (C=N–C) groups is 6. The molecule has 7 rings (SSSR count). The van der Waals surface area contributed by atoms with Crippen LogP contribution in [0.5, 0.6) is 0 Å². The molecule has 0 amide bonds. The summed E-state index contributed by atoms with van der Waals surface area (Å²) in [5, 5.41) is 0. The molecule has 3 aliphatic carbocycles. The average Bonchev–Trinajstić information content (AvgIpc) is 3.14. The van der Waals surface area contributed by atoms with Gasteiger partial charge < -0.3 is 0 Å². The molecule has 3 aromatic rings. The van der Waals surface area contributed by atoms with Crippen molar-refractivity contribution >= 4 is 37.3 Å². The van der Waals surface area contributed by atoms with Crippen molar-refractivity contribution in [3.05, 3.63) is 88.8 Å². The summed E-state index contributed by atoms with van der Waals surface area (Å²) in [6.45, 7) is 0. The normalized spacial score (nSPS) is 27.8. The Hall–Kier alpha value is -4.53. The smallest absolute Gasteiger partial charge is 0.0815 e. The standard InChI is InChI=1S/C39H45N9/c1-2-17-35-34(16-1)40-22-28-10-7-12-30(46-28)24-42-36-18-3-4-19-37(36)44-26-32-14-9-15-33(48-32)27-45-39-21-6-5-20-38(39)43-25-31-13-8-11-29(47-31)23-41-35/h7-15,22-27,34-39H,1-6,16-21H2/t34-,35-,36-,37-,38+,39+/m1/s1. The number of nitrogens with zero attached hydrogens (tertiary/aromatic N) is 9. The number of hydrogen-bond donors (Lipinski definition) is 0. The number of pyridine rings is 3. The summed E-state index contributed by atoms with van der Waals surface area (Å²) in [6.07, 6.45) is 24.6. The summed E-state index contributed by atoms with van der Waals surface area (Å²) in [5.74, 6) is 0. The Labute approximate surface area is 283 Å². The molecule has 0 radical (unpaired) electrons. The molecule has 0 spiro atoms. The van der Waals surface area contributed by atoms with Gasteiger partial charge in [0.1, 0.15) is 0 Å². The van der Waals surface area contributed by atoms with Gasteiger partial charge in [0.05, 0.1) is 70.4 Å². The second kappa shape index (κ2) is 16.0. The van der Waals surface area contributed by atoms with E-state index in [-0.39, 0.29) is 36.3 Å². The van der Waals surface area contributed by atoms with Gasteiger partial charge in [-0.15, -0.1) is 0 Å². The molecule has 4 aliphatic rings. The van der Waals surface area contributed by atoms with Gasteiger partial charge in [0.2, 0.25) is 0 Å². The van der Waals surface area contributed by atoms with E-state index in [0.29, 0.717) is 0 Å². The maximum atomic E-state index is 5.00. The lowest BCUT2D eigenvalue weighted by atomic mass is 9.91. The summed E-state index contributed by atoms with van der Waals surface area (Å²) < 4.78 is 0. The first kappa shape index (κ1) is 32.0. The van der Waals surface area contributed by atoms with Crippen LogP contribution < -0.4 is 0 Å². The summed E-state index contributed by atoms with van der Waals surface area (Å²) in [7, 11) is 0. The zero-order valence-corrected chi connectivity index (χ0v) is 27.6. The highest BCUT2D eigenvalue weighted by Crippen LogP contribution is 2.26. The van der Waals surface area contributed by atoms with Crippen LogP contribution >= 0.6 is 0 Å². The van der Waals surface area contributed by atoms with Gasteiger partial charge in [0, 0.05) is 37.3 Å². The molecule has 0 saturated heterocycles. The summed E-state index contributed by atoms with van der Waals surface area (Å²) >= 11 is 0. The van der Waals surface area contributed by atoms with Crippen molar-refractivity contribution in [1.29, 1.82) is 0 Å². The lowest BCUT2D eigenvalue weighted by Crippen LogP contribution is -2.27. The molecule has 3 aromatic heterocycles. The third-order valence-corrected chi connectivity index (χ3v) is 9.85. The Morgan fingerprint density at radius 3 is 0.667 bits per heavy atom. The van der Waals surface area contributed by atoms with Gasteiger partial charge in [0.25, 0.3) is 0 Å². The summed E-state index contributed by atoms with van der Waals surface area (Å²) in [5.41, 5.74) is 5.03. The van der Waals surface area contributed by atoms with Crippen LogP contribution in [0.3, 0.4) is 0 Å². The minimum absolute atomic E-state index is 0.126. The van der Waals surface area contributed by atoms with Crippen molar-refractivity contribution in [3.63, 3.8) is 0 Å². The lowest BCUT2D eigenvalue weighted by Gasteiger charge is -2.25. The van der Waals surface area contributed by atoms with E-state index in [1.807, 2.05) is 91.9 Å². The molecule has 48 heavy (non-hydrogen) atoms. The Kier molecular flexibility index (Phi) is 10.7. The van der Waals surface area contributed by atoms with Crippen LogP contribution in [0.4, 0.5) is 0 Å². The SMILES string of the molecule is C1=N[C@H]2CCCC[C@@H]2N=Cc2cccc(n2)C=N[C@@H]2CCCC[C@H]2N=Cc2cccc(n2)C=N[C@@H]2CCCC[C@H]2N=Cc2cccc1n2. The largest absolute Gasteiger partial charge is 0.285 e. The molecule has 9 nitrogen and oxygen atoms in total. The Balaban J connectivity index is 1.20. The van der Waals surface area contributed by atoms with E-state index in [0.717, 1.165) is 111 Å². The molecule has 0 unspecified atom stereocenters. The zero-order valence-electron chi connectivity index (χ0n) is 27.6. The molecule has 1 aliphatic heterocycles. The molecular weight excluding hydrogens is 594 g/mol. The third kappa shape index (κ3) is 8.68. The van der Waals surface area contributed by atoms with E-state index in [2.05, 4.69) is 0 Å². The van der Waals surface area contributed by atoms with Crippen LogP contribution in [0.25, 0.3) is 0 Å². The van der Waals surface area contributed by atoms with Crippen LogP contribution in [0.1, 0.15) is 111 Å². The van der Waals surface area contributed by atoms with Crippen LogP contribution in [-0.2, 0) is 0 Å². The van der Waals surface area contributed by atoms with Gasteiger partial charge in [-0.05, 0) is 74.9 Å². The van der Waals surface area contributed by atoms with Crippen LogP contribution in [0.2, 0.25) is 0 Å². The van der Waals surface area contributed by atoms with Crippen LogP contribution in [0, 0.1) is 0 Å². The van der Waals surface area contributed by atoms with Crippen LogP contribution in [-0.4, -0.2) is 88.5 Å². The molecule has 3 fully saturated rings. The van der Waals surface area contributed by atoms with Crippen molar-refractivity contribution in [2.24, 2.45) is 30.0 Å². The minimum atomic E-state index is 0.126. The Morgan fingerprint density at radius 1 is 0.292 bits per heavy atom. The fraction of sp³-hybridized carbons (Fsp3) is 0.462. The number of rotatable bonds is 0. The summed E-state index contributed by atoms with van der Waals surface area (Å²) in [6, 6.07) is 18.9. The first-order valence-electron chi connectivity index (χ1n) is 17.9. The number of hydrogen-bond acceptors (Lipinski definition) is 9. The molecule has 4 heterocycles. The van der Waals surface area contributed by atoms with E-state index in [1.165, 1.54) is 0 Å². The minimum Gasteiger partial charge on any atom is -0.285 e. The molecule has 0 N–H and O–H groups in total. The van der Waals surface area contributed by atoms with Crippen LogP contribution in [0.15, 0.2) is 84.6 Å². The van der Waals surface area contributed by atoms with Gasteiger partial charge in [-0.3, -0.25) is 30.0 Å². The average molecular weight is 640 g/mol. The molecular formula is C39H45N9. The fourth-order valence-electron chi connectivity index (χ4n) is 7.19. The molecule has 6 atom stereocenters. The first-order valence-corrected chi connectivity index (χ1v) is 17.9. The third-order valence-electron chi connectivity index (χ3n) is 9.85. The van der Waals surface area contributed by atoms with E-state index in [4.69, 9.17) is 44.9 Å². The highest BCUT2D eigenvalue weighted by molar-refractivity contribution is 5.84. The Bertz CT molecular complexity index is 1400. The van der Waals surface area contributed by atoms with E-state index < -0.39 is 0 Å². The van der Waals surface area contributed by atoms with Crippen molar-refractivity contribution in [2.45, 2.75) is 113 Å². The second-order valence-electron chi connectivity index (χ2n) is 13.4. The molecule has 6 bridgehead atoms. The van der Waals surface area contributed by atoms with Gasteiger partial charge >= 0.3 is 0 Å². The Morgan fingerprint density at radius 2 is 0.479 bits per heavy atom. The quantitative estimate of drug-likeness (QED) is 0.272. The van der Waals surface area contributed by atoms with Crippen molar-refractivity contribution in [3.8, 4) is 0 Å². The fourth-order valence-corrected chi connectivity index (χ4v) is 7.19. The highest BCUT2D eigenvalue weighted by Gasteiger charge is 2.25. The predicted molar refractivity (Wildman–Crippen MR) is 196 cm³/mol. The first-order chi connectivity index (χ1) is 23.7. The molecule has 0 aromatic carbocycles. The van der Waals surface area contributed by atoms with Gasteiger partial charge in [-0.25, -0.2) is 15.0 Å². The number of fused-ring (bicyclic) bond motifs is 9. The van der Waals surface area contributed by atoms with E-state index in [9.17, 15) is 0 Å². The summed E-state index contributed by atoms with van der Waals surface area (Å²) in [4.78, 5) is 44.5. The molecule has 3 saturated carbocycles. The van der Waals surface area contributed by atoms with Crippen molar-refractivity contribution in [1.82, 2.24) is 15.0 Å².